The zero-order chi connectivity index (χ0) is 20.5. The van der Waals surface area contributed by atoms with E-state index in [0.29, 0.717) is 23.7 Å². The van der Waals surface area contributed by atoms with E-state index in [1.807, 2.05) is 0 Å². The molecule has 4 nitrogen and oxygen atoms in total. The third kappa shape index (κ3) is 4.68. The van der Waals surface area contributed by atoms with E-state index in [1.54, 1.807) is 0 Å². The van der Waals surface area contributed by atoms with Crippen LogP contribution >= 0.6 is 0 Å². The lowest BCUT2D eigenvalue weighted by atomic mass is 9.45. The first-order valence-electron chi connectivity index (χ1n) is 10.7. The quantitative estimate of drug-likeness (QED) is 0.569. The van der Waals surface area contributed by atoms with Crippen molar-refractivity contribution in [2.24, 2.45) is 28.6 Å². The molecule has 4 heteroatoms. The van der Waals surface area contributed by atoms with Crippen molar-refractivity contribution in [2.75, 3.05) is 7.11 Å². The number of hydrogen-bond acceptors (Lipinski definition) is 4. The number of carbonyl (C=O) groups excluding carboxylic acids is 2. The maximum absolute atomic E-state index is 11.9. The molecule has 0 saturated heterocycles. The molecule has 0 aliphatic heterocycles. The first-order chi connectivity index (χ1) is 12.4. The van der Waals surface area contributed by atoms with Gasteiger partial charge in [0.25, 0.3) is 0 Å². The Balaban J connectivity index is 2.26. The molecule has 0 aromatic carbocycles. The van der Waals surface area contributed by atoms with E-state index >= 15 is 0 Å². The average Bonchev–Trinajstić information content (AvgIpc) is 2.52. The lowest BCUT2D eigenvalue weighted by Gasteiger charge is -2.62. The van der Waals surface area contributed by atoms with E-state index in [2.05, 4.69) is 34.6 Å². The number of carbonyl (C=O) groups is 2. The number of ether oxygens (including phenoxy) is 2. The van der Waals surface area contributed by atoms with E-state index in [-0.39, 0.29) is 23.3 Å². The van der Waals surface area contributed by atoms with Gasteiger partial charge in [0.1, 0.15) is 5.60 Å². The SMILES string of the molecule is COC(=O)C[C@@H](C)CC[C@@H]1[C@@]2(C)CCCC(C)(C)[C@@H]2CC[C@@]1(C)OC(C)=O. The Morgan fingerprint density at radius 2 is 1.78 bits per heavy atom. The maximum atomic E-state index is 11.9. The molecule has 5 atom stereocenters. The molecule has 0 aromatic rings. The van der Waals surface area contributed by atoms with Crippen LogP contribution in [-0.4, -0.2) is 24.6 Å². The average molecular weight is 381 g/mol. The molecule has 0 unspecified atom stereocenters. The molecule has 0 aromatic heterocycles. The fraction of sp³-hybridized carbons (Fsp3) is 0.913. The first-order valence-corrected chi connectivity index (χ1v) is 10.7. The van der Waals surface area contributed by atoms with Gasteiger partial charge in [-0.05, 0) is 68.1 Å². The van der Waals surface area contributed by atoms with Crippen LogP contribution in [0.5, 0.6) is 0 Å². The molecule has 2 rings (SSSR count). The van der Waals surface area contributed by atoms with Crippen LogP contribution in [0.25, 0.3) is 0 Å². The van der Waals surface area contributed by atoms with Crippen LogP contribution in [0, 0.1) is 28.6 Å². The third-order valence-electron chi connectivity index (χ3n) is 7.81. The maximum Gasteiger partial charge on any atom is 0.305 e. The molecule has 2 fully saturated rings. The van der Waals surface area contributed by atoms with Crippen molar-refractivity contribution in [1.29, 1.82) is 0 Å². The number of hydrogen-bond donors (Lipinski definition) is 0. The fourth-order valence-electron chi connectivity index (χ4n) is 6.61. The molecule has 0 spiro atoms. The smallest absolute Gasteiger partial charge is 0.305 e. The highest BCUT2D eigenvalue weighted by Gasteiger charge is 2.59. The van der Waals surface area contributed by atoms with Gasteiger partial charge >= 0.3 is 11.9 Å². The van der Waals surface area contributed by atoms with Crippen LogP contribution in [0.1, 0.15) is 92.9 Å². The Morgan fingerprint density at radius 3 is 2.37 bits per heavy atom. The Bertz CT molecular complexity index is 555. The van der Waals surface area contributed by atoms with Gasteiger partial charge in [-0.1, -0.05) is 34.1 Å². The van der Waals surface area contributed by atoms with Gasteiger partial charge in [-0.2, -0.15) is 0 Å². The minimum atomic E-state index is -0.407. The molecular weight excluding hydrogens is 340 g/mol. The second kappa shape index (κ2) is 8.13. The fourth-order valence-corrected chi connectivity index (χ4v) is 6.61. The molecule has 27 heavy (non-hydrogen) atoms. The third-order valence-corrected chi connectivity index (χ3v) is 7.81. The zero-order valence-corrected chi connectivity index (χ0v) is 18.5. The van der Waals surface area contributed by atoms with E-state index in [0.717, 1.165) is 25.7 Å². The summed E-state index contributed by atoms with van der Waals surface area (Å²) in [7, 11) is 1.45. The molecule has 0 N–H and O–H groups in total. The Morgan fingerprint density at radius 1 is 1.11 bits per heavy atom. The summed E-state index contributed by atoms with van der Waals surface area (Å²) in [5.74, 6) is 0.939. The standard InChI is InChI=1S/C23H40O4/c1-16(15-20(25)26-7)9-10-19-22(5)13-8-12-21(3,4)18(22)11-14-23(19,6)27-17(2)24/h16,18-19H,8-15H2,1-7H3/t16-,18-,19+,22-,23+/m0/s1. The molecule has 156 valence electrons. The number of rotatable bonds is 6. The van der Waals surface area contributed by atoms with Crippen molar-refractivity contribution in [3.8, 4) is 0 Å². The summed E-state index contributed by atoms with van der Waals surface area (Å²) in [4.78, 5) is 23.5. The largest absolute Gasteiger partial charge is 0.469 e. The lowest BCUT2D eigenvalue weighted by molar-refractivity contribution is -0.199. The highest BCUT2D eigenvalue weighted by Crippen LogP contribution is 2.63. The van der Waals surface area contributed by atoms with E-state index in [9.17, 15) is 9.59 Å². The first kappa shape index (κ1) is 22.2. The van der Waals surface area contributed by atoms with Gasteiger partial charge in [-0.25, -0.2) is 0 Å². The van der Waals surface area contributed by atoms with Crippen molar-refractivity contribution in [2.45, 2.75) is 98.5 Å². The predicted octanol–water partition coefficient (Wildman–Crippen LogP) is 5.53. The minimum Gasteiger partial charge on any atom is -0.469 e. The van der Waals surface area contributed by atoms with E-state index < -0.39 is 5.60 Å². The predicted molar refractivity (Wildman–Crippen MR) is 107 cm³/mol. The van der Waals surface area contributed by atoms with Gasteiger partial charge in [0.2, 0.25) is 0 Å². The van der Waals surface area contributed by atoms with Crippen LogP contribution in [0.15, 0.2) is 0 Å². The number of methoxy groups -OCH3 is 1. The van der Waals surface area contributed by atoms with Gasteiger partial charge in [-0.3, -0.25) is 9.59 Å². The van der Waals surface area contributed by atoms with Crippen molar-refractivity contribution >= 4 is 11.9 Å². The second-order valence-corrected chi connectivity index (χ2v) is 10.4. The van der Waals surface area contributed by atoms with Crippen molar-refractivity contribution in [3.05, 3.63) is 0 Å². The van der Waals surface area contributed by atoms with Gasteiger partial charge in [-0.15, -0.1) is 0 Å². The minimum absolute atomic E-state index is 0.142. The Hall–Kier alpha value is -1.06. The summed E-state index contributed by atoms with van der Waals surface area (Å²) in [6, 6.07) is 0. The van der Waals surface area contributed by atoms with Crippen LogP contribution in [0.3, 0.4) is 0 Å². The van der Waals surface area contributed by atoms with Crippen LogP contribution < -0.4 is 0 Å². The molecule has 0 heterocycles. The van der Waals surface area contributed by atoms with Crippen molar-refractivity contribution in [1.82, 2.24) is 0 Å². The summed E-state index contributed by atoms with van der Waals surface area (Å²) >= 11 is 0. The topological polar surface area (TPSA) is 52.6 Å². The Labute approximate surface area is 165 Å². The highest BCUT2D eigenvalue weighted by atomic mass is 16.6. The van der Waals surface area contributed by atoms with Gasteiger partial charge < -0.3 is 9.47 Å². The Kier molecular flexibility index (Phi) is 6.69. The molecule has 2 aliphatic rings. The monoisotopic (exact) mass is 380 g/mol. The summed E-state index contributed by atoms with van der Waals surface area (Å²) in [6.45, 7) is 13.1. The zero-order valence-electron chi connectivity index (χ0n) is 18.5. The summed E-state index contributed by atoms with van der Waals surface area (Å²) in [5, 5.41) is 0. The second-order valence-electron chi connectivity index (χ2n) is 10.4. The van der Waals surface area contributed by atoms with Crippen molar-refractivity contribution in [3.63, 3.8) is 0 Å². The lowest BCUT2D eigenvalue weighted by Crippen LogP contribution is -2.58. The number of fused-ring (bicyclic) bond motifs is 1. The normalized spacial score (nSPS) is 36.4. The van der Waals surface area contributed by atoms with Crippen LogP contribution in [0.4, 0.5) is 0 Å². The molecule has 0 bridgehead atoms. The molecular formula is C23H40O4. The van der Waals surface area contributed by atoms with Crippen LogP contribution in [-0.2, 0) is 19.1 Å². The molecule has 0 amide bonds. The molecule has 2 saturated carbocycles. The molecule has 0 radical (unpaired) electrons. The van der Waals surface area contributed by atoms with Gasteiger partial charge in [0.05, 0.1) is 7.11 Å². The van der Waals surface area contributed by atoms with Gasteiger partial charge in [0, 0.05) is 19.3 Å². The molecule has 2 aliphatic carbocycles. The summed E-state index contributed by atoms with van der Waals surface area (Å²) in [5.41, 5.74) is 0.102. The summed E-state index contributed by atoms with van der Waals surface area (Å²) in [6.07, 6.45) is 8.19. The van der Waals surface area contributed by atoms with E-state index in [1.165, 1.54) is 33.3 Å². The van der Waals surface area contributed by atoms with Gasteiger partial charge in [0.15, 0.2) is 0 Å². The van der Waals surface area contributed by atoms with Crippen molar-refractivity contribution < 1.29 is 19.1 Å². The summed E-state index contributed by atoms with van der Waals surface area (Å²) < 4.78 is 10.8. The van der Waals surface area contributed by atoms with Crippen LogP contribution in [0.2, 0.25) is 0 Å². The number of esters is 2. The van der Waals surface area contributed by atoms with E-state index in [4.69, 9.17) is 9.47 Å². The highest BCUT2D eigenvalue weighted by molar-refractivity contribution is 5.69.